The highest BCUT2D eigenvalue weighted by Crippen LogP contribution is 2.22. The predicted molar refractivity (Wildman–Crippen MR) is 122 cm³/mol. The number of aromatic nitrogens is 1. The monoisotopic (exact) mass is 485 g/mol. The number of carbonyl (C=O) groups is 2. The molecule has 11 heteroatoms. The van der Waals surface area contributed by atoms with Crippen LogP contribution in [0, 0.1) is 6.92 Å². The van der Waals surface area contributed by atoms with Crippen LogP contribution < -0.4 is 5.32 Å². The first-order valence-electron chi connectivity index (χ1n) is 10.5. The molecule has 0 radical (unpaired) electrons. The molecule has 1 aliphatic rings. The first-order valence-corrected chi connectivity index (χ1v) is 12.0. The molecule has 0 spiro atoms. The number of hydrogen-bond donors (Lipinski definition) is 1. The van der Waals surface area contributed by atoms with Crippen molar-refractivity contribution in [3.05, 3.63) is 66.1 Å². The standard InChI is InChI=1S/C23H23N3O7S/c1-16-21(25-22(33-16)17-6-3-2-4-7-17)23(28)32-15-20(27)24-18-8-5-9-19(14-18)34(29,30)26-10-12-31-13-11-26/h2-9,14H,10-13,15H2,1H3,(H,24,27). The number of carbonyl (C=O) groups excluding carboxylic acids is 2. The molecule has 10 nitrogen and oxygen atoms in total. The molecule has 1 aromatic heterocycles. The van der Waals surface area contributed by atoms with Crippen LogP contribution in [0.4, 0.5) is 5.69 Å². The summed E-state index contributed by atoms with van der Waals surface area (Å²) in [4.78, 5) is 28.9. The Hall–Kier alpha value is -3.54. The largest absolute Gasteiger partial charge is 0.451 e. The van der Waals surface area contributed by atoms with E-state index in [1.54, 1.807) is 25.1 Å². The van der Waals surface area contributed by atoms with Gasteiger partial charge in [0.25, 0.3) is 5.91 Å². The number of ether oxygens (including phenoxy) is 2. The number of nitrogens with zero attached hydrogens (tertiary/aromatic N) is 2. The summed E-state index contributed by atoms with van der Waals surface area (Å²) in [5.74, 6) is -0.890. The number of benzene rings is 2. The van der Waals surface area contributed by atoms with Gasteiger partial charge in [0.2, 0.25) is 15.9 Å². The summed E-state index contributed by atoms with van der Waals surface area (Å²) in [6.07, 6.45) is 0. The Bertz CT molecular complexity index is 1280. The van der Waals surface area contributed by atoms with Gasteiger partial charge in [0.15, 0.2) is 12.3 Å². The molecular formula is C23H23N3O7S. The summed E-state index contributed by atoms with van der Waals surface area (Å²) in [6.45, 7) is 2.20. The molecule has 2 heterocycles. The van der Waals surface area contributed by atoms with Crippen molar-refractivity contribution in [1.29, 1.82) is 0 Å². The van der Waals surface area contributed by atoms with Gasteiger partial charge >= 0.3 is 5.97 Å². The zero-order valence-electron chi connectivity index (χ0n) is 18.4. The molecule has 2 aromatic carbocycles. The van der Waals surface area contributed by atoms with Gasteiger partial charge in [-0.15, -0.1) is 0 Å². The summed E-state index contributed by atoms with van der Waals surface area (Å²) in [5.41, 5.74) is 0.943. The fourth-order valence-corrected chi connectivity index (χ4v) is 4.81. The predicted octanol–water partition coefficient (Wildman–Crippen LogP) is 2.47. The minimum atomic E-state index is -3.71. The maximum atomic E-state index is 12.8. The summed E-state index contributed by atoms with van der Waals surface area (Å²) in [6, 6.07) is 15.0. The number of morpholine rings is 1. The lowest BCUT2D eigenvalue weighted by Gasteiger charge is -2.26. The minimum Gasteiger partial charge on any atom is -0.451 e. The second kappa shape index (κ2) is 10.2. The number of hydrogen-bond acceptors (Lipinski definition) is 8. The van der Waals surface area contributed by atoms with Crippen LogP contribution in [0.1, 0.15) is 16.2 Å². The SMILES string of the molecule is Cc1oc(-c2ccccc2)nc1C(=O)OCC(=O)Nc1cccc(S(=O)(=O)N2CCOCC2)c1. The van der Waals surface area contributed by atoms with E-state index in [2.05, 4.69) is 10.3 Å². The van der Waals surface area contributed by atoms with Gasteiger partial charge in [0.1, 0.15) is 5.76 Å². The number of oxazole rings is 1. The van der Waals surface area contributed by atoms with E-state index < -0.39 is 28.5 Å². The Balaban J connectivity index is 1.37. The minimum absolute atomic E-state index is 0.0229. The van der Waals surface area contributed by atoms with Gasteiger partial charge in [0.05, 0.1) is 18.1 Å². The molecule has 3 aromatic rings. The summed E-state index contributed by atoms with van der Waals surface area (Å²) in [5, 5.41) is 2.54. The number of nitrogens with one attached hydrogen (secondary N) is 1. The summed E-state index contributed by atoms with van der Waals surface area (Å²) in [7, 11) is -3.71. The van der Waals surface area contributed by atoms with Crippen LogP contribution in [0.15, 0.2) is 63.9 Å². The van der Waals surface area contributed by atoms with Gasteiger partial charge in [-0.05, 0) is 37.3 Å². The van der Waals surface area contributed by atoms with Crippen molar-refractivity contribution in [1.82, 2.24) is 9.29 Å². The number of amides is 1. The lowest BCUT2D eigenvalue weighted by atomic mass is 10.2. The van der Waals surface area contributed by atoms with E-state index in [-0.39, 0.29) is 41.0 Å². The lowest BCUT2D eigenvalue weighted by molar-refractivity contribution is -0.119. The van der Waals surface area contributed by atoms with E-state index >= 15 is 0 Å². The zero-order valence-corrected chi connectivity index (χ0v) is 19.2. The third-order valence-corrected chi connectivity index (χ3v) is 6.97. The van der Waals surface area contributed by atoms with E-state index in [0.29, 0.717) is 18.8 Å². The van der Waals surface area contributed by atoms with Gasteiger partial charge in [-0.2, -0.15) is 4.31 Å². The quantitative estimate of drug-likeness (QED) is 0.506. The maximum absolute atomic E-state index is 12.8. The van der Waals surface area contributed by atoms with E-state index in [1.807, 2.05) is 18.2 Å². The molecule has 1 N–H and O–H groups in total. The average Bonchev–Trinajstić information content (AvgIpc) is 3.25. The van der Waals surface area contributed by atoms with E-state index in [4.69, 9.17) is 13.9 Å². The van der Waals surface area contributed by atoms with Crippen molar-refractivity contribution in [3.8, 4) is 11.5 Å². The van der Waals surface area contributed by atoms with Crippen LogP contribution in [0.5, 0.6) is 0 Å². The van der Waals surface area contributed by atoms with Crippen LogP contribution in [-0.4, -0.2) is 62.5 Å². The van der Waals surface area contributed by atoms with E-state index in [9.17, 15) is 18.0 Å². The van der Waals surface area contributed by atoms with Crippen molar-refractivity contribution in [2.24, 2.45) is 0 Å². The first-order chi connectivity index (χ1) is 16.3. The fourth-order valence-electron chi connectivity index (χ4n) is 3.36. The number of sulfonamides is 1. The molecule has 0 aliphatic carbocycles. The molecule has 1 aliphatic heterocycles. The molecule has 0 saturated carbocycles. The highest BCUT2D eigenvalue weighted by molar-refractivity contribution is 7.89. The molecular weight excluding hydrogens is 462 g/mol. The third-order valence-electron chi connectivity index (χ3n) is 5.07. The number of rotatable bonds is 7. The zero-order chi connectivity index (χ0) is 24.1. The van der Waals surface area contributed by atoms with Crippen molar-refractivity contribution in [3.63, 3.8) is 0 Å². The van der Waals surface area contributed by atoms with Gasteiger partial charge in [0, 0.05) is 24.3 Å². The van der Waals surface area contributed by atoms with Crippen LogP contribution >= 0.6 is 0 Å². The Morgan fingerprint density at radius 2 is 1.82 bits per heavy atom. The number of esters is 1. The summed E-state index contributed by atoms with van der Waals surface area (Å²) < 4.78 is 42.8. The van der Waals surface area contributed by atoms with Crippen molar-refractivity contribution in [2.45, 2.75) is 11.8 Å². The van der Waals surface area contributed by atoms with E-state index in [1.165, 1.54) is 22.5 Å². The molecule has 34 heavy (non-hydrogen) atoms. The van der Waals surface area contributed by atoms with Crippen molar-refractivity contribution in [2.75, 3.05) is 38.2 Å². The maximum Gasteiger partial charge on any atom is 0.361 e. The highest BCUT2D eigenvalue weighted by atomic mass is 32.2. The fraction of sp³-hybridized carbons (Fsp3) is 0.261. The Labute approximate surface area is 196 Å². The first kappa shape index (κ1) is 23.6. The van der Waals surface area contributed by atoms with Crippen molar-refractivity contribution < 1.29 is 31.9 Å². The van der Waals surface area contributed by atoms with Crippen LogP contribution in [0.2, 0.25) is 0 Å². The average molecular weight is 486 g/mol. The highest BCUT2D eigenvalue weighted by Gasteiger charge is 2.26. The second-order valence-electron chi connectivity index (χ2n) is 7.46. The molecule has 4 rings (SSSR count). The Morgan fingerprint density at radius 1 is 1.09 bits per heavy atom. The van der Waals surface area contributed by atoms with Gasteiger partial charge < -0.3 is 19.2 Å². The number of anilines is 1. The molecule has 0 atom stereocenters. The normalized spacial score (nSPS) is 14.5. The van der Waals surface area contributed by atoms with Gasteiger partial charge in [-0.3, -0.25) is 4.79 Å². The lowest BCUT2D eigenvalue weighted by Crippen LogP contribution is -2.40. The second-order valence-corrected chi connectivity index (χ2v) is 9.40. The van der Waals surface area contributed by atoms with Crippen LogP contribution in [-0.2, 0) is 24.3 Å². The van der Waals surface area contributed by atoms with Crippen LogP contribution in [0.3, 0.4) is 0 Å². The molecule has 0 unspecified atom stereocenters. The molecule has 1 amide bonds. The summed E-state index contributed by atoms with van der Waals surface area (Å²) >= 11 is 0. The van der Waals surface area contributed by atoms with Gasteiger partial charge in [-0.1, -0.05) is 24.3 Å². The van der Waals surface area contributed by atoms with Crippen LogP contribution in [0.25, 0.3) is 11.5 Å². The Morgan fingerprint density at radius 3 is 2.56 bits per heavy atom. The third kappa shape index (κ3) is 5.33. The molecule has 0 bridgehead atoms. The van der Waals surface area contributed by atoms with Gasteiger partial charge in [-0.25, -0.2) is 18.2 Å². The van der Waals surface area contributed by atoms with E-state index in [0.717, 1.165) is 0 Å². The molecule has 1 saturated heterocycles. The Kier molecular flexibility index (Phi) is 7.06. The molecule has 178 valence electrons. The topological polar surface area (TPSA) is 128 Å². The van der Waals surface area contributed by atoms with Crippen molar-refractivity contribution >= 4 is 27.6 Å². The smallest absolute Gasteiger partial charge is 0.361 e. The molecule has 1 fully saturated rings. The number of aryl methyl sites for hydroxylation is 1.